The zero-order valence-electron chi connectivity index (χ0n) is 12.4. The monoisotopic (exact) mass is 283 g/mol. The fourth-order valence-corrected chi connectivity index (χ4v) is 1.78. The van der Waals surface area contributed by atoms with Gasteiger partial charge in [0.2, 0.25) is 5.91 Å². The van der Waals surface area contributed by atoms with Crippen molar-refractivity contribution in [3.8, 4) is 5.75 Å². The van der Waals surface area contributed by atoms with Gasteiger partial charge in [-0.05, 0) is 13.0 Å². The van der Waals surface area contributed by atoms with E-state index in [9.17, 15) is 4.79 Å². The molecule has 0 saturated carbocycles. The number of nitrogens with one attached hydrogen (secondary N) is 2. The quantitative estimate of drug-likeness (QED) is 0.746. The van der Waals surface area contributed by atoms with Gasteiger partial charge in [-0.3, -0.25) is 14.5 Å². The van der Waals surface area contributed by atoms with Gasteiger partial charge in [0.25, 0.3) is 0 Å². The Morgan fingerprint density at radius 3 is 2.30 bits per heavy atom. The van der Waals surface area contributed by atoms with Crippen molar-refractivity contribution in [3.05, 3.63) is 12.1 Å². The lowest BCUT2D eigenvalue weighted by Crippen LogP contribution is -2.22. The maximum absolute atomic E-state index is 11.3. The molecule has 0 unspecified atom stereocenters. The number of rotatable bonds is 7. The average molecular weight is 283 g/mol. The molecule has 1 aromatic rings. The zero-order chi connectivity index (χ0) is 15.1. The second-order valence-electron chi connectivity index (χ2n) is 3.90. The number of benzene rings is 1. The summed E-state index contributed by atoms with van der Waals surface area (Å²) in [5.74, 6) is 0.432. The molecule has 7 heteroatoms. The molecule has 0 aliphatic carbocycles. The minimum absolute atomic E-state index is 0.189. The molecule has 20 heavy (non-hydrogen) atoms. The van der Waals surface area contributed by atoms with Crippen LogP contribution in [0.2, 0.25) is 0 Å². The summed E-state index contributed by atoms with van der Waals surface area (Å²) in [6.45, 7) is 4.14. The Labute approximate surface area is 118 Å². The predicted octanol–water partition coefficient (Wildman–Crippen LogP) is 2.01. The highest BCUT2D eigenvalue weighted by molar-refractivity contribution is 5.94. The van der Waals surface area contributed by atoms with E-state index < -0.39 is 0 Å². The first-order valence-corrected chi connectivity index (χ1v) is 6.19. The van der Waals surface area contributed by atoms with Gasteiger partial charge in [-0.2, -0.15) is 0 Å². The molecular weight excluding hydrogens is 262 g/mol. The molecule has 0 atom stereocenters. The highest BCUT2D eigenvalue weighted by Gasteiger charge is 2.17. The van der Waals surface area contributed by atoms with E-state index in [-0.39, 0.29) is 5.91 Å². The van der Waals surface area contributed by atoms with Crippen molar-refractivity contribution in [1.82, 2.24) is 0 Å². The molecule has 0 radical (unpaired) electrons. The number of carbonyl (C=O) groups is 1. The molecule has 0 aromatic heterocycles. The van der Waals surface area contributed by atoms with Gasteiger partial charge in [0.15, 0.2) is 0 Å². The Hall–Kier alpha value is -1.99. The van der Waals surface area contributed by atoms with Crippen molar-refractivity contribution >= 4 is 23.0 Å². The fraction of sp³-hybridized carbons (Fsp3) is 0.462. The van der Waals surface area contributed by atoms with Crippen LogP contribution in [0.1, 0.15) is 13.8 Å². The van der Waals surface area contributed by atoms with Crippen molar-refractivity contribution in [2.24, 2.45) is 0 Å². The lowest BCUT2D eigenvalue weighted by molar-refractivity contribution is -0.114. The summed E-state index contributed by atoms with van der Waals surface area (Å²) in [4.78, 5) is 21.5. The van der Waals surface area contributed by atoms with E-state index in [0.717, 1.165) is 12.2 Å². The first-order valence-electron chi connectivity index (χ1n) is 6.19. The second-order valence-corrected chi connectivity index (χ2v) is 3.90. The summed E-state index contributed by atoms with van der Waals surface area (Å²) < 4.78 is 5.32. The molecule has 1 rings (SSSR count). The van der Waals surface area contributed by atoms with Crippen molar-refractivity contribution in [2.75, 3.05) is 43.7 Å². The molecule has 0 heterocycles. The maximum atomic E-state index is 11.3. The predicted molar refractivity (Wildman–Crippen MR) is 78.0 cm³/mol. The van der Waals surface area contributed by atoms with E-state index in [1.807, 2.05) is 6.92 Å². The van der Waals surface area contributed by atoms with Crippen LogP contribution >= 0.6 is 0 Å². The normalized spacial score (nSPS) is 10.1. The van der Waals surface area contributed by atoms with Crippen LogP contribution in [-0.2, 0) is 14.5 Å². The molecule has 1 aromatic carbocycles. The molecule has 0 aliphatic rings. The van der Waals surface area contributed by atoms with Crippen LogP contribution in [0.5, 0.6) is 5.75 Å². The lowest BCUT2D eigenvalue weighted by atomic mass is 10.2. The lowest BCUT2D eigenvalue weighted by Gasteiger charge is -2.23. The van der Waals surface area contributed by atoms with Gasteiger partial charge in [-0.1, -0.05) is 0 Å². The third-order valence-electron chi connectivity index (χ3n) is 2.52. The van der Waals surface area contributed by atoms with Crippen molar-refractivity contribution < 1.29 is 19.2 Å². The van der Waals surface area contributed by atoms with E-state index in [0.29, 0.717) is 17.1 Å². The number of anilines is 3. The molecule has 0 spiro atoms. The van der Waals surface area contributed by atoms with Crippen LogP contribution < -0.4 is 20.6 Å². The second kappa shape index (κ2) is 7.56. The van der Waals surface area contributed by atoms with Gasteiger partial charge in [0.05, 0.1) is 32.7 Å². The summed E-state index contributed by atoms with van der Waals surface area (Å²) in [5, 5.41) is 7.09. The third-order valence-corrected chi connectivity index (χ3v) is 2.52. The fourth-order valence-electron chi connectivity index (χ4n) is 1.78. The van der Waals surface area contributed by atoms with Crippen LogP contribution in [0.15, 0.2) is 12.1 Å². The van der Waals surface area contributed by atoms with E-state index in [1.165, 1.54) is 26.4 Å². The Morgan fingerprint density at radius 2 is 1.85 bits per heavy atom. The number of nitrogens with zero attached hydrogens (tertiary/aromatic N) is 1. The van der Waals surface area contributed by atoms with Gasteiger partial charge in [0.1, 0.15) is 11.4 Å². The van der Waals surface area contributed by atoms with E-state index >= 15 is 0 Å². The minimum atomic E-state index is -0.189. The van der Waals surface area contributed by atoms with Gasteiger partial charge in [-0.25, -0.2) is 0 Å². The Balaban J connectivity index is 3.33. The van der Waals surface area contributed by atoms with Crippen molar-refractivity contribution in [1.29, 1.82) is 0 Å². The van der Waals surface area contributed by atoms with Crippen LogP contribution in [0, 0.1) is 0 Å². The molecule has 0 saturated heterocycles. The molecule has 0 aliphatic heterocycles. The number of methoxy groups -OCH3 is 1. The highest BCUT2D eigenvalue weighted by Crippen LogP contribution is 2.37. The number of hydrogen-bond acceptors (Lipinski definition) is 6. The summed E-state index contributed by atoms with van der Waals surface area (Å²) in [6.07, 6.45) is 0. The SMILES string of the molecule is CCNc1cc(NC(C)=O)c(N(OC)OC)cc1OC. The largest absolute Gasteiger partial charge is 0.495 e. The van der Waals surface area contributed by atoms with E-state index in [1.54, 1.807) is 19.2 Å². The topological polar surface area (TPSA) is 72.1 Å². The van der Waals surface area contributed by atoms with Crippen LogP contribution in [-0.4, -0.2) is 33.8 Å². The molecule has 1 amide bonds. The number of hydrogen-bond donors (Lipinski definition) is 2. The van der Waals surface area contributed by atoms with Crippen LogP contribution in [0.3, 0.4) is 0 Å². The number of amides is 1. The third kappa shape index (κ3) is 3.75. The Morgan fingerprint density at radius 1 is 1.20 bits per heavy atom. The maximum Gasteiger partial charge on any atom is 0.221 e. The molecule has 7 nitrogen and oxygen atoms in total. The molecular formula is C13H21N3O4. The highest BCUT2D eigenvalue weighted by atomic mass is 16.9. The summed E-state index contributed by atoms with van der Waals surface area (Å²) in [7, 11) is 4.50. The summed E-state index contributed by atoms with van der Waals surface area (Å²) in [5.41, 5.74) is 1.86. The van der Waals surface area contributed by atoms with Crippen LogP contribution in [0.4, 0.5) is 17.1 Å². The van der Waals surface area contributed by atoms with Crippen LogP contribution in [0.25, 0.3) is 0 Å². The van der Waals surface area contributed by atoms with Crippen molar-refractivity contribution in [2.45, 2.75) is 13.8 Å². The molecule has 0 bridgehead atoms. The zero-order valence-corrected chi connectivity index (χ0v) is 12.4. The Kier molecular flexibility index (Phi) is 6.08. The molecule has 112 valence electrons. The van der Waals surface area contributed by atoms with E-state index in [2.05, 4.69) is 10.6 Å². The van der Waals surface area contributed by atoms with Gasteiger partial charge in [-0.15, -0.1) is 5.23 Å². The summed E-state index contributed by atoms with van der Waals surface area (Å²) >= 11 is 0. The first-order chi connectivity index (χ1) is 9.57. The summed E-state index contributed by atoms with van der Waals surface area (Å²) in [6, 6.07) is 3.49. The van der Waals surface area contributed by atoms with E-state index in [4.69, 9.17) is 14.4 Å². The standard InChI is InChI=1S/C13H21N3O4/c1-6-14-11-7-10(15-9(2)17)12(8-13(11)18-3)16(19-4)20-5/h7-8,14H,6H2,1-5H3,(H,15,17). The number of carbonyl (C=O) groups excluding carboxylic acids is 1. The average Bonchev–Trinajstić information content (AvgIpc) is 2.41. The van der Waals surface area contributed by atoms with Gasteiger partial charge in [0, 0.05) is 19.5 Å². The minimum Gasteiger partial charge on any atom is -0.495 e. The smallest absolute Gasteiger partial charge is 0.221 e. The molecule has 0 fully saturated rings. The van der Waals surface area contributed by atoms with Gasteiger partial charge < -0.3 is 15.4 Å². The molecule has 2 N–H and O–H groups in total. The Bertz CT molecular complexity index is 461. The number of ether oxygens (including phenoxy) is 1. The first kappa shape index (κ1) is 16.1. The van der Waals surface area contributed by atoms with Gasteiger partial charge >= 0.3 is 0 Å². The van der Waals surface area contributed by atoms with Crippen molar-refractivity contribution in [3.63, 3.8) is 0 Å².